The van der Waals surface area contributed by atoms with Gasteiger partial charge in [-0.3, -0.25) is 9.59 Å². The molecule has 2 aromatic rings. The fourth-order valence-corrected chi connectivity index (χ4v) is 2.69. The summed E-state index contributed by atoms with van der Waals surface area (Å²) in [5.41, 5.74) is 0.575. The first-order valence-electron chi connectivity index (χ1n) is 8.69. The van der Waals surface area contributed by atoms with Crippen LogP contribution in [0.5, 0.6) is 23.0 Å². The maximum atomic E-state index is 12.8. The number of ether oxygens (including phenoxy) is 4. The summed E-state index contributed by atoms with van der Waals surface area (Å²) in [5, 5.41) is 10.9. The molecular weight excluding hydrogens is 414 g/mol. The summed E-state index contributed by atoms with van der Waals surface area (Å²) in [6.45, 7) is 1.24. The second-order valence-corrected chi connectivity index (χ2v) is 6.41. The minimum absolute atomic E-state index is 0.221. The quantitative estimate of drug-likeness (QED) is 0.470. The number of hydrogen-bond donors (Lipinski definition) is 1. The van der Waals surface area contributed by atoms with Crippen molar-refractivity contribution in [2.75, 3.05) is 33.8 Å². The number of nitrogens with one attached hydrogen (secondary N) is 1. The van der Waals surface area contributed by atoms with Gasteiger partial charge in [0, 0.05) is 35.4 Å². The molecular formula is C20H22ClN3O6. The first kappa shape index (κ1) is 23.0. The van der Waals surface area contributed by atoms with Crippen molar-refractivity contribution in [3.05, 3.63) is 35.4 Å². The molecule has 1 amide bonds. The van der Waals surface area contributed by atoms with E-state index in [1.807, 2.05) is 0 Å². The number of benzene rings is 2. The van der Waals surface area contributed by atoms with Gasteiger partial charge in [0.15, 0.2) is 5.78 Å². The Hall–Kier alpha value is -3.33. The molecule has 30 heavy (non-hydrogen) atoms. The molecule has 9 nitrogen and oxygen atoms in total. The number of amides is 1. The Bertz CT molecular complexity index is 916. The van der Waals surface area contributed by atoms with Crippen molar-refractivity contribution < 1.29 is 28.5 Å². The highest BCUT2D eigenvalue weighted by atomic mass is 35.5. The Kier molecular flexibility index (Phi) is 7.99. The number of nitrogens with zero attached hydrogens (tertiary/aromatic N) is 2. The normalized spacial score (nSPS) is 11.7. The number of halogens is 1. The average Bonchev–Trinajstić information content (AvgIpc) is 2.73. The Morgan fingerprint density at radius 3 is 1.87 bits per heavy atom. The lowest BCUT2D eigenvalue weighted by Gasteiger charge is -2.16. The van der Waals surface area contributed by atoms with E-state index >= 15 is 0 Å². The molecule has 0 spiro atoms. The largest absolute Gasteiger partial charge is 0.497 e. The second kappa shape index (κ2) is 10.4. The van der Waals surface area contributed by atoms with Crippen LogP contribution in [0.3, 0.4) is 0 Å². The third kappa shape index (κ3) is 5.60. The number of Topliss-reactive ketones (excluding diaryl/α,β-unsaturated/α-hetero) is 1. The Morgan fingerprint density at radius 2 is 1.43 bits per heavy atom. The third-order valence-corrected chi connectivity index (χ3v) is 4.20. The van der Waals surface area contributed by atoms with E-state index in [0.29, 0.717) is 22.2 Å². The SMILES string of the molecule is COc1cc(N=NC(C(C)=O)C(=O)Nc2c(OC)cc(Cl)cc2OC)cc(OC)c1. The van der Waals surface area contributed by atoms with E-state index in [0.717, 1.165) is 0 Å². The van der Waals surface area contributed by atoms with Crippen molar-refractivity contribution in [2.45, 2.75) is 13.0 Å². The van der Waals surface area contributed by atoms with Crippen molar-refractivity contribution in [1.82, 2.24) is 0 Å². The molecule has 1 unspecified atom stereocenters. The molecule has 0 aliphatic heterocycles. The first-order valence-corrected chi connectivity index (χ1v) is 9.07. The molecule has 2 aromatic carbocycles. The van der Waals surface area contributed by atoms with Gasteiger partial charge in [0.2, 0.25) is 6.04 Å². The van der Waals surface area contributed by atoms with Crippen LogP contribution in [-0.4, -0.2) is 46.2 Å². The van der Waals surface area contributed by atoms with Crippen molar-refractivity contribution >= 4 is 34.7 Å². The van der Waals surface area contributed by atoms with Crippen molar-refractivity contribution in [2.24, 2.45) is 10.2 Å². The predicted octanol–water partition coefficient (Wildman–Crippen LogP) is 4.05. The zero-order valence-corrected chi connectivity index (χ0v) is 17.9. The number of hydrogen-bond acceptors (Lipinski definition) is 8. The summed E-state index contributed by atoms with van der Waals surface area (Å²) in [6.07, 6.45) is 0. The van der Waals surface area contributed by atoms with E-state index in [-0.39, 0.29) is 17.2 Å². The fraction of sp³-hybridized carbons (Fsp3) is 0.300. The smallest absolute Gasteiger partial charge is 0.259 e. The maximum absolute atomic E-state index is 12.8. The van der Waals surface area contributed by atoms with Crippen LogP contribution < -0.4 is 24.3 Å². The molecule has 0 saturated heterocycles. The monoisotopic (exact) mass is 435 g/mol. The Balaban J connectivity index is 2.33. The topological polar surface area (TPSA) is 108 Å². The highest BCUT2D eigenvalue weighted by molar-refractivity contribution is 6.31. The van der Waals surface area contributed by atoms with Crippen LogP contribution in [0.25, 0.3) is 0 Å². The molecule has 2 rings (SSSR count). The van der Waals surface area contributed by atoms with E-state index in [1.165, 1.54) is 47.5 Å². The number of rotatable bonds is 9. The lowest BCUT2D eigenvalue weighted by atomic mass is 10.2. The average molecular weight is 436 g/mol. The lowest BCUT2D eigenvalue weighted by molar-refractivity contribution is -0.126. The van der Waals surface area contributed by atoms with Crippen molar-refractivity contribution in [3.63, 3.8) is 0 Å². The molecule has 0 aromatic heterocycles. The van der Waals surface area contributed by atoms with Gasteiger partial charge in [-0.05, 0) is 6.92 Å². The van der Waals surface area contributed by atoms with Gasteiger partial charge in [-0.15, -0.1) is 0 Å². The van der Waals surface area contributed by atoms with Gasteiger partial charge in [-0.2, -0.15) is 10.2 Å². The minimum atomic E-state index is -1.40. The molecule has 0 heterocycles. The van der Waals surface area contributed by atoms with Crippen LogP contribution in [0.15, 0.2) is 40.6 Å². The zero-order chi connectivity index (χ0) is 22.3. The van der Waals surface area contributed by atoms with Gasteiger partial charge in [0.05, 0.1) is 34.1 Å². The van der Waals surface area contributed by atoms with E-state index in [9.17, 15) is 9.59 Å². The standard InChI is InChI=1S/C20H22ClN3O6/c1-11(25)18(24-23-13-8-14(27-2)10-15(9-13)28-3)20(26)22-19-16(29-4)6-12(21)7-17(19)30-5/h6-10,18H,1-5H3,(H,22,26). The van der Waals surface area contributed by atoms with Gasteiger partial charge >= 0.3 is 0 Å². The van der Waals surface area contributed by atoms with E-state index in [1.54, 1.807) is 18.2 Å². The number of ketones is 1. The van der Waals surface area contributed by atoms with E-state index < -0.39 is 17.7 Å². The maximum Gasteiger partial charge on any atom is 0.259 e. The van der Waals surface area contributed by atoms with Crippen molar-refractivity contribution in [3.8, 4) is 23.0 Å². The zero-order valence-electron chi connectivity index (χ0n) is 17.2. The van der Waals surface area contributed by atoms with E-state index in [4.69, 9.17) is 30.5 Å². The summed E-state index contributed by atoms with van der Waals surface area (Å²) in [6, 6.07) is 6.46. The molecule has 0 radical (unpaired) electrons. The Morgan fingerprint density at radius 1 is 0.900 bits per heavy atom. The van der Waals surface area contributed by atoms with Gasteiger partial charge in [0.1, 0.15) is 28.7 Å². The highest BCUT2D eigenvalue weighted by Crippen LogP contribution is 2.38. The molecule has 1 atom stereocenters. The van der Waals surface area contributed by atoms with Crippen LogP contribution in [0.2, 0.25) is 5.02 Å². The van der Waals surface area contributed by atoms with Crippen LogP contribution in [0.4, 0.5) is 11.4 Å². The first-order chi connectivity index (χ1) is 14.3. The molecule has 0 fully saturated rings. The van der Waals surface area contributed by atoms with E-state index in [2.05, 4.69) is 15.5 Å². The van der Waals surface area contributed by atoms with Gasteiger partial charge in [-0.25, -0.2) is 0 Å². The summed E-state index contributed by atoms with van der Waals surface area (Å²) >= 11 is 6.02. The van der Waals surface area contributed by atoms with Crippen molar-refractivity contribution in [1.29, 1.82) is 0 Å². The third-order valence-electron chi connectivity index (χ3n) is 3.98. The molecule has 0 aliphatic rings. The van der Waals surface area contributed by atoms with Gasteiger partial charge < -0.3 is 24.3 Å². The number of carbonyl (C=O) groups excluding carboxylic acids is 2. The fourth-order valence-electron chi connectivity index (χ4n) is 2.49. The predicted molar refractivity (Wildman–Crippen MR) is 112 cm³/mol. The van der Waals surface area contributed by atoms with Crippen LogP contribution >= 0.6 is 11.6 Å². The summed E-state index contributed by atoms with van der Waals surface area (Å²) in [4.78, 5) is 24.8. The molecule has 10 heteroatoms. The lowest BCUT2D eigenvalue weighted by Crippen LogP contribution is -2.32. The second-order valence-electron chi connectivity index (χ2n) is 5.97. The molecule has 160 valence electrons. The number of azo groups is 1. The molecule has 0 saturated carbocycles. The minimum Gasteiger partial charge on any atom is -0.497 e. The number of anilines is 1. The summed E-state index contributed by atoms with van der Waals surface area (Å²) < 4.78 is 20.8. The van der Waals surface area contributed by atoms with Crippen LogP contribution in [0.1, 0.15) is 6.92 Å². The summed E-state index contributed by atoms with van der Waals surface area (Å²) in [7, 11) is 5.82. The highest BCUT2D eigenvalue weighted by Gasteiger charge is 2.26. The number of carbonyl (C=O) groups is 2. The molecule has 0 aliphatic carbocycles. The van der Waals surface area contributed by atoms with Crippen LogP contribution in [-0.2, 0) is 9.59 Å². The molecule has 1 N–H and O–H groups in total. The number of methoxy groups -OCH3 is 4. The summed E-state index contributed by atoms with van der Waals surface area (Å²) in [5.74, 6) is 0.303. The Labute approximate surface area is 178 Å². The van der Waals surface area contributed by atoms with Gasteiger partial charge in [0.25, 0.3) is 5.91 Å². The molecule has 0 bridgehead atoms. The van der Waals surface area contributed by atoms with Crippen LogP contribution in [0, 0.1) is 0 Å². The van der Waals surface area contributed by atoms with Gasteiger partial charge in [-0.1, -0.05) is 11.6 Å².